The molecule has 2 rings (SSSR count). The molecule has 0 radical (unpaired) electrons. The third-order valence-corrected chi connectivity index (χ3v) is 5.32. The Morgan fingerprint density at radius 1 is 1.12 bits per heavy atom. The number of nitrogens with zero attached hydrogens (tertiary/aromatic N) is 1. The van der Waals surface area contributed by atoms with Gasteiger partial charge in [0, 0.05) is 26.1 Å². The van der Waals surface area contributed by atoms with E-state index in [2.05, 4.69) is 5.32 Å². The first-order valence-electron chi connectivity index (χ1n) is 8.26. The quantitative estimate of drug-likeness (QED) is 0.768. The van der Waals surface area contributed by atoms with Gasteiger partial charge in [0.2, 0.25) is 15.9 Å². The molecule has 2 aromatic rings. The first-order chi connectivity index (χ1) is 12.3. The zero-order valence-electron chi connectivity index (χ0n) is 14.9. The lowest BCUT2D eigenvalue weighted by Gasteiger charge is -2.20. The summed E-state index contributed by atoms with van der Waals surface area (Å²) in [5, 5.41) is 2.72. The third kappa shape index (κ3) is 6.24. The van der Waals surface area contributed by atoms with E-state index in [4.69, 9.17) is 0 Å². The van der Waals surface area contributed by atoms with Crippen LogP contribution in [0.1, 0.15) is 23.1 Å². The molecule has 140 valence electrons. The van der Waals surface area contributed by atoms with Crippen molar-refractivity contribution < 1.29 is 17.6 Å². The second-order valence-electron chi connectivity index (χ2n) is 6.18. The van der Waals surface area contributed by atoms with Crippen LogP contribution in [0.25, 0.3) is 0 Å². The van der Waals surface area contributed by atoms with Gasteiger partial charge >= 0.3 is 0 Å². The molecule has 5 nitrogen and oxygen atoms in total. The highest BCUT2D eigenvalue weighted by Crippen LogP contribution is 2.13. The highest BCUT2D eigenvalue weighted by molar-refractivity contribution is 7.88. The molecule has 0 aliphatic heterocycles. The van der Waals surface area contributed by atoms with Gasteiger partial charge in [-0.2, -0.15) is 4.31 Å². The number of nitrogens with one attached hydrogen (secondary N) is 1. The zero-order valence-corrected chi connectivity index (χ0v) is 15.7. The van der Waals surface area contributed by atoms with E-state index in [0.29, 0.717) is 0 Å². The fourth-order valence-corrected chi connectivity index (χ4v) is 3.25. The van der Waals surface area contributed by atoms with Crippen molar-refractivity contribution in [1.82, 2.24) is 9.62 Å². The van der Waals surface area contributed by atoms with Crippen LogP contribution < -0.4 is 5.32 Å². The predicted octanol–water partition coefficient (Wildman–Crippen LogP) is 2.60. The molecule has 0 bridgehead atoms. The number of halogens is 1. The number of amides is 1. The van der Waals surface area contributed by atoms with Gasteiger partial charge in [-0.25, -0.2) is 12.8 Å². The smallest absolute Gasteiger partial charge is 0.221 e. The Kier molecular flexibility index (Phi) is 6.88. The van der Waals surface area contributed by atoms with Crippen molar-refractivity contribution in [3.63, 3.8) is 0 Å². The second-order valence-corrected chi connectivity index (χ2v) is 8.16. The number of aryl methyl sites for hydroxylation is 1. The Morgan fingerprint density at radius 3 is 2.38 bits per heavy atom. The van der Waals surface area contributed by atoms with E-state index in [0.717, 1.165) is 22.9 Å². The van der Waals surface area contributed by atoms with Crippen molar-refractivity contribution in [3.05, 3.63) is 71.0 Å². The molecule has 0 aliphatic rings. The maximum absolute atomic E-state index is 12.9. The van der Waals surface area contributed by atoms with E-state index < -0.39 is 10.0 Å². The number of hydrogen-bond acceptors (Lipinski definition) is 3. The molecule has 2 aromatic carbocycles. The number of carbonyl (C=O) groups is 1. The topological polar surface area (TPSA) is 66.5 Å². The van der Waals surface area contributed by atoms with Gasteiger partial charge in [-0.05, 0) is 35.7 Å². The van der Waals surface area contributed by atoms with E-state index >= 15 is 0 Å². The lowest BCUT2D eigenvalue weighted by atomic mass is 10.1. The zero-order chi connectivity index (χ0) is 19.2. The summed E-state index contributed by atoms with van der Waals surface area (Å²) in [6, 6.07) is 13.4. The molecule has 0 saturated carbocycles. The maximum atomic E-state index is 12.9. The second kappa shape index (κ2) is 8.91. The lowest BCUT2D eigenvalue weighted by Crippen LogP contribution is -2.34. The van der Waals surface area contributed by atoms with E-state index in [1.807, 2.05) is 31.2 Å². The standard InChI is InChI=1S/C19H23FN2O3S/c1-15-5-3-4-6-17(15)14-22(26(2,24)25)12-11-19(23)21-13-16-7-9-18(20)10-8-16/h3-10H,11-14H2,1-2H3,(H,21,23). The molecule has 0 heterocycles. The number of benzene rings is 2. The Labute approximate surface area is 153 Å². The summed E-state index contributed by atoms with van der Waals surface area (Å²) >= 11 is 0. The molecule has 1 amide bonds. The third-order valence-electron chi connectivity index (χ3n) is 4.07. The van der Waals surface area contributed by atoms with E-state index in [1.165, 1.54) is 16.4 Å². The van der Waals surface area contributed by atoms with Crippen molar-refractivity contribution in [2.75, 3.05) is 12.8 Å². The van der Waals surface area contributed by atoms with Crippen LogP contribution in [0.5, 0.6) is 0 Å². The largest absolute Gasteiger partial charge is 0.352 e. The average Bonchev–Trinajstić information content (AvgIpc) is 2.58. The molecule has 0 unspecified atom stereocenters. The summed E-state index contributed by atoms with van der Waals surface area (Å²) in [6.45, 7) is 2.53. The van der Waals surface area contributed by atoms with Crippen LogP contribution in [0.4, 0.5) is 4.39 Å². The molecule has 0 fully saturated rings. The number of hydrogen-bond donors (Lipinski definition) is 1. The molecular weight excluding hydrogens is 355 g/mol. The normalized spacial score (nSPS) is 11.5. The Balaban J connectivity index is 1.91. The molecule has 0 aromatic heterocycles. The molecule has 0 spiro atoms. The summed E-state index contributed by atoms with van der Waals surface area (Å²) < 4.78 is 38.2. The molecule has 0 atom stereocenters. The minimum absolute atomic E-state index is 0.0557. The molecule has 26 heavy (non-hydrogen) atoms. The van der Waals surface area contributed by atoms with Gasteiger partial charge in [0.15, 0.2) is 0 Å². The van der Waals surface area contributed by atoms with Crippen LogP contribution >= 0.6 is 0 Å². The highest BCUT2D eigenvalue weighted by Gasteiger charge is 2.19. The molecule has 0 aliphatic carbocycles. The van der Waals surface area contributed by atoms with E-state index in [-0.39, 0.29) is 37.8 Å². The molecule has 1 N–H and O–H groups in total. The van der Waals surface area contributed by atoms with Crippen molar-refractivity contribution in [2.45, 2.75) is 26.4 Å². The van der Waals surface area contributed by atoms with Gasteiger partial charge in [0.25, 0.3) is 0 Å². The van der Waals surface area contributed by atoms with Crippen LogP contribution in [0, 0.1) is 12.7 Å². The van der Waals surface area contributed by atoms with E-state index in [1.54, 1.807) is 12.1 Å². The van der Waals surface area contributed by atoms with Crippen LogP contribution in [0.15, 0.2) is 48.5 Å². The van der Waals surface area contributed by atoms with E-state index in [9.17, 15) is 17.6 Å². The highest BCUT2D eigenvalue weighted by atomic mass is 32.2. The molecule has 0 saturated heterocycles. The summed E-state index contributed by atoms with van der Waals surface area (Å²) in [7, 11) is -3.44. The van der Waals surface area contributed by atoms with Gasteiger partial charge in [0.05, 0.1) is 6.26 Å². The fourth-order valence-electron chi connectivity index (χ4n) is 2.46. The maximum Gasteiger partial charge on any atom is 0.221 e. The van der Waals surface area contributed by atoms with Gasteiger partial charge < -0.3 is 5.32 Å². The minimum Gasteiger partial charge on any atom is -0.352 e. The monoisotopic (exact) mass is 378 g/mol. The summed E-state index contributed by atoms with van der Waals surface area (Å²) in [4.78, 5) is 12.0. The van der Waals surface area contributed by atoms with Crippen molar-refractivity contribution in [2.24, 2.45) is 0 Å². The van der Waals surface area contributed by atoms with Crippen molar-refractivity contribution in [3.8, 4) is 0 Å². The van der Waals surface area contributed by atoms with Crippen molar-refractivity contribution in [1.29, 1.82) is 0 Å². The van der Waals surface area contributed by atoms with Gasteiger partial charge in [-0.15, -0.1) is 0 Å². The fraction of sp³-hybridized carbons (Fsp3) is 0.316. The SMILES string of the molecule is Cc1ccccc1CN(CCC(=O)NCc1ccc(F)cc1)S(C)(=O)=O. The van der Waals surface area contributed by atoms with Crippen LogP contribution in [0.2, 0.25) is 0 Å². The van der Waals surface area contributed by atoms with Crippen LogP contribution in [-0.2, 0) is 27.9 Å². The number of rotatable bonds is 8. The predicted molar refractivity (Wildman–Crippen MR) is 99.3 cm³/mol. The summed E-state index contributed by atoms with van der Waals surface area (Å²) in [5.41, 5.74) is 2.69. The minimum atomic E-state index is -3.44. The molecule has 7 heteroatoms. The number of sulfonamides is 1. The van der Waals surface area contributed by atoms with Crippen molar-refractivity contribution >= 4 is 15.9 Å². The van der Waals surface area contributed by atoms with Gasteiger partial charge in [-0.3, -0.25) is 4.79 Å². The van der Waals surface area contributed by atoms with Crippen LogP contribution in [-0.4, -0.2) is 31.4 Å². The Bertz CT molecular complexity index is 851. The number of carbonyl (C=O) groups excluding carboxylic acids is 1. The lowest BCUT2D eigenvalue weighted by molar-refractivity contribution is -0.121. The Hall–Kier alpha value is -2.25. The first-order valence-corrected chi connectivity index (χ1v) is 10.1. The average molecular weight is 378 g/mol. The summed E-state index contributed by atoms with van der Waals surface area (Å²) in [5.74, 6) is -0.590. The van der Waals surface area contributed by atoms with Crippen LogP contribution in [0.3, 0.4) is 0 Å². The van der Waals surface area contributed by atoms with Gasteiger partial charge in [0.1, 0.15) is 5.82 Å². The Morgan fingerprint density at radius 2 is 1.77 bits per heavy atom. The molecular formula is C19H23FN2O3S. The first kappa shape index (κ1) is 20.1. The van der Waals surface area contributed by atoms with Gasteiger partial charge in [-0.1, -0.05) is 36.4 Å². The summed E-state index contributed by atoms with van der Waals surface area (Å²) in [6.07, 6.45) is 1.20.